The highest BCUT2D eigenvalue weighted by atomic mass is 79.9. The number of hydrogen-bond acceptors (Lipinski definition) is 2. The van der Waals surface area contributed by atoms with Crippen LogP contribution in [0.2, 0.25) is 0 Å². The minimum absolute atomic E-state index is 0.0717. The van der Waals surface area contributed by atoms with E-state index >= 15 is 0 Å². The summed E-state index contributed by atoms with van der Waals surface area (Å²) in [5, 5.41) is 7.02. The number of fused-ring (bicyclic) bond motifs is 1. The second kappa shape index (κ2) is 8.67. The minimum atomic E-state index is -0.642. The van der Waals surface area contributed by atoms with E-state index in [1.165, 1.54) is 18.2 Å². The number of rotatable bonds is 8. The standard InChI is InChI=1S/C24H22BrF2N3O/c1-15(2-3-16-4-6-21(27)20(25)12-16)30-24(9-10-24)23(31)28-11-8-17-14-29-22-7-5-18(26)13-19(17)22/h2-7,12-14,29-30H,1,8-11H2,(H,28,31)/b3-2+. The lowest BCUT2D eigenvalue weighted by atomic mass is 10.1. The molecule has 7 heteroatoms. The Morgan fingerprint density at radius 2 is 2.03 bits per heavy atom. The Balaban J connectivity index is 1.30. The Morgan fingerprint density at radius 3 is 2.77 bits per heavy atom. The molecule has 4 nitrogen and oxygen atoms in total. The molecule has 1 amide bonds. The van der Waals surface area contributed by atoms with E-state index in [9.17, 15) is 13.6 Å². The lowest BCUT2D eigenvalue weighted by Crippen LogP contribution is -2.46. The normalized spacial score (nSPS) is 14.7. The Bertz CT molecular complexity index is 1180. The van der Waals surface area contributed by atoms with E-state index in [4.69, 9.17) is 0 Å². The van der Waals surface area contributed by atoms with Crippen molar-refractivity contribution in [2.24, 2.45) is 0 Å². The monoisotopic (exact) mass is 485 g/mol. The Kier molecular flexibility index (Phi) is 5.96. The van der Waals surface area contributed by atoms with Crippen molar-refractivity contribution >= 4 is 38.8 Å². The molecule has 0 spiro atoms. The zero-order valence-corrected chi connectivity index (χ0v) is 18.4. The van der Waals surface area contributed by atoms with Crippen LogP contribution in [-0.4, -0.2) is 23.0 Å². The molecule has 1 aliphatic rings. The first-order valence-corrected chi connectivity index (χ1v) is 10.8. The van der Waals surface area contributed by atoms with Crippen molar-refractivity contribution in [3.05, 3.63) is 88.2 Å². The van der Waals surface area contributed by atoms with Gasteiger partial charge in [0.25, 0.3) is 0 Å². The van der Waals surface area contributed by atoms with Crippen LogP contribution in [0.15, 0.2) is 65.4 Å². The fraction of sp³-hybridized carbons (Fsp3) is 0.208. The largest absolute Gasteiger partial charge is 0.372 e. The third kappa shape index (κ3) is 4.88. The number of carbonyl (C=O) groups excluding carboxylic acids is 1. The predicted octanol–water partition coefficient (Wildman–Crippen LogP) is 5.22. The molecule has 0 radical (unpaired) electrons. The van der Waals surface area contributed by atoms with Gasteiger partial charge in [-0.15, -0.1) is 0 Å². The Morgan fingerprint density at radius 1 is 1.23 bits per heavy atom. The van der Waals surface area contributed by atoms with Crippen LogP contribution in [0.1, 0.15) is 24.0 Å². The maximum absolute atomic E-state index is 13.5. The van der Waals surface area contributed by atoms with Crippen molar-refractivity contribution in [1.29, 1.82) is 0 Å². The maximum atomic E-state index is 13.5. The summed E-state index contributed by atoms with van der Waals surface area (Å²) in [6.45, 7) is 4.43. The summed E-state index contributed by atoms with van der Waals surface area (Å²) < 4.78 is 27.2. The van der Waals surface area contributed by atoms with E-state index in [2.05, 4.69) is 38.1 Å². The summed E-state index contributed by atoms with van der Waals surface area (Å²) in [5.74, 6) is -0.670. The molecule has 160 valence electrons. The van der Waals surface area contributed by atoms with Gasteiger partial charge in [0.05, 0.1) is 4.47 Å². The van der Waals surface area contributed by atoms with Gasteiger partial charge in [0, 0.05) is 29.3 Å². The van der Waals surface area contributed by atoms with Crippen LogP contribution in [0.25, 0.3) is 17.0 Å². The highest BCUT2D eigenvalue weighted by molar-refractivity contribution is 9.10. The van der Waals surface area contributed by atoms with E-state index in [1.54, 1.807) is 24.3 Å². The number of halogens is 3. The number of nitrogens with one attached hydrogen (secondary N) is 3. The molecule has 1 heterocycles. The topological polar surface area (TPSA) is 56.9 Å². The fourth-order valence-electron chi connectivity index (χ4n) is 3.53. The maximum Gasteiger partial charge on any atom is 0.245 e. The molecule has 4 rings (SSSR count). The van der Waals surface area contributed by atoms with Gasteiger partial charge in [-0.2, -0.15) is 0 Å². The smallest absolute Gasteiger partial charge is 0.245 e. The molecule has 3 aromatic rings. The summed E-state index contributed by atoms with van der Waals surface area (Å²) in [6.07, 6.45) is 7.49. The minimum Gasteiger partial charge on any atom is -0.372 e. The molecule has 1 saturated carbocycles. The molecular formula is C24H22BrF2N3O. The first-order chi connectivity index (χ1) is 14.9. The highest BCUT2D eigenvalue weighted by Gasteiger charge is 2.49. The SMILES string of the molecule is C=C(/C=C/c1ccc(F)c(Br)c1)NC1(C(=O)NCCc2c[nH]c3ccc(F)cc23)CC1. The molecule has 2 aromatic carbocycles. The Hall–Kier alpha value is -2.93. The first-order valence-electron chi connectivity index (χ1n) is 10.0. The van der Waals surface area contributed by atoms with Crippen molar-refractivity contribution < 1.29 is 13.6 Å². The van der Waals surface area contributed by atoms with Crippen molar-refractivity contribution in [3.63, 3.8) is 0 Å². The number of H-pyrrole nitrogens is 1. The summed E-state index contributed by atoms with van der Waals surface area (Å²) in [7, 11) is 0. The van der Waals surface area contributed by atoms with Gasteiger partial charge in [-0.25, -0.2) is 8.78 Å². The number of allylic oxidation sites excluding steroid dienone is 1. The van der Waals surface area contributed by atoms with Gasteiger partial charge >= 0.3 is 0 Å². The molecule has 1 aromatic heterocycles. The van der Waals surface area contributed by atoms with Gasteiger partial charge in [-0.1, -0.05) is 18.7 Å². The number of benzene rings is 2. The van der Waals surface area contributed by atoms with Crippen LogP contribution >= 0.6 is 15.9 Å². The third-order valence-electron chi connectivity index (χ3n) is 5.41. The summed E-state index contributed by atoms with van der Waals surface area (Å²) in [4.78, 5) is 15.8. The molecule has 0 saturated heterocycles. The number of hydrogen-bond donors (Lipinski definition) is 3. The van der Waals surface area contributed by atoms with E-state index in [0.29, 0.717) is 23.1 Å². The zero-order valence-electron chi connectivity index (χ0n) is 16.8. The summed E-state index contributed by atoms with van der Waals surface area (Å²) in [6, 6.07) is 9.36. The zero-order chi connectivity index (χ0) is 22.0. The molecule has 3 N–H and O–H groups in total. The second-order valence-electron chi connectivity index (χ2n) is 7.75. The van der Waals surface area contributed by atoms with Crippen LogP contribution in [0.4, 0.5) is 8.78 Å². The molecule has 31 heavy (non-hydrogen) atoms. The van der Waals surface area contributed by atoms with Gasteiger partial charge < -0.3 is 15.6 Å². The molecule has 1 aliphatic carbocycles. The van der Waals surface area contributed by atoms with Crippen LogP contribution < -0.4 is 10.6 Å². The van der Waals surface area contributed by atoms with Gasteiger partial charge in [0.2, 0.25) is 5.91 Å². The van der Waals surface area contributed by atoms with Gasteiger partial charge in [0.15, 0.2) is 0 Å². The van der Waals surface area contributed by atoms with Crippen molar-refractivity contribution in [2.75, 3.05) is 6.54 Å². The number of amides is 1. The lowest BCUT2D eigenvalue weighted by Gasteiger charge is -2.18. The molecular weight excluding hydrogens is 464 g/mol. The van der Waals surface area contributed by atoms with Crippen LogP contribution in [0.3, 0.4) is 0 Å². The number of carbonyl (C=O) groups is 1. The van der Waals surface area contributed by atoms with E-state index < -0.39 is 5.54 Å². The quantitative estimate of drug-likeness (QED) is 0.383. The number of aromatic amines is 1. The third-order valence-corrected chi connectivity index (χ3v) is 6.02. The average Bonchev–Trinajstić information content (AvgIpc) is 3.42. The van der Waals surface area contributed by atoms with Crippen LogP contribution in [0.5, 0.6) is 0 Å². The first kappa shape index (κ1) is 21.3. The van der Waals surface area contributed by atoms with Gasteiger partial charge in [-0.3, -0.25) is 4.79 Å². The van der Waals surface area contributed by atoms with E-state index in [-0.39, 0.29) is 17.5 Å². The molecule has 0 unspecified atom stereocenters. The van der Waals surface area contributed by atoms with Gasteiger partial charge in [-0.05, 0) is 82.7 Å². The van der Waals surface area contributed by atoms with E-state index in [1.807, 2.05) is 12.3 Å². The van der Waals surface area contributed by atoms with Crippen molar-refractivity contribution in [1.82, 2.24) is 15.6 Å². The number of aromatic nitrogens is 1. The highest BCUT2D eigenvalue weighted by Crippen LogP contribution is 2.36. The van der Waals surface area contributed by atoms with Crippen molar-refractivity contribution in [2.45, 2.75) is 24.8 Å². The fourth-order valence-corrected chi connectivity index (χ4v) is 3.93. The van der Waals surface area contributed by atoms with E-state index in [0.717, 1.165) is 34.9 Å². The molecule has 0 bridgehead atoms. The summed E-state index contributed by atoms with van der Waals surface area (Å²) >= 11 is 3.17. The molecule has 1 fully saturated rings. The molecule has 0 aliphatic heterocycles. The van der Waals surface area contributed by atoms with Gasteiger partial charge in [0.1, 0.15) is 17.2 Å². The Labute approximate surface area is 187 Å². The van der Waals surface area contributed by atoms with Crippen LogP contribution in [0, 0.1) is 11.6 Å². The predicted molar refractivity (Wildman–Crippen MR) is 122 cm³/mol. The lowest BCUT2D eigenvalue weighted by molar-refractivity contribution is -0.123. The average molecular weight is 486 g/mol. The second-order valence-corrected chi connectivity index (χ2v) is 8.60. The summed E-state index contributed by atoms with van der Waals surface area (Å²) in [5.41, 5.74) is 2.63. The van der Waals surface area contributed by atoms with Crippen molar-refractivity contribution in [3.8, 4) is 0 Å². The molecule has 0 atom stereocenters. The van der Waals surface area contributed by atoms with Crippen LogP contribution in [-0.2, 0) is 11.2 Å².